The third-order valence-electron chi connectivity index (χ3n) is 3.82. The summed E-state index contributed by atoms with van der Waals surface area (Å²) in [7, 11) is 0. The Morgan fingerprint density at radius 1 is 0.870 bits per heavy atom. The zero-order chi connectivity index (χ0) is 16.3. The van der Waals surface area contributed by atoms with E-state index in [0.717, 1.165) is 12.8 Å². The quantitative estimate of drug-likeness (QED) is 0.119. The maximum absolute atomic E-state index is 11.1. The van der Waals surface area contributed by atoms with Gasteiger partial charge in [0.05, 0.1) is 5.16 Å². The van der Waals surface area contributed by atoms with E-state index in [9.17, 15) is 4.79 Å². The van der Waals surface area contributed by atoms with Crippen molar-refractivity contribution in [2.75, 3.05) is 0 Å². The predicted octanol–water partition coefficient (Wildman–Crippen LogP) is 6.00. The Labute approximate surface area is 170 Å². The van der Waals surface area contributed by atoms with Crippen LogP contribution in [0.25, 0.3) is 0 Å². The van der Waals surface area contributed by atoms with Crippen LogP contribution in [0, 0.1) is 0 Å². The van der Waals surface area contributed by atoms with Gasteiger partial charge in [-0.2, -0.15) is 4.99 Å². The molecule has 0 heterocycles. The fraction of sp³-hybridized carbons (Fsp3) is 0.789. The van der Waals surface area contributed by atoms with Crippen molar-refractivity contribution in [1.82, 2.24) is 0 Å². The second-order valence-corrected chi connectivity index (χ2v) is 6.11. The van der Waals surface area contributed by atoms with E-state index in [1.807, 2.05) is 0 Å². The van der Waals surface area contributed by atoms with Crippen molar-refractivity contribution in [2.45, 2.75) is 96.8 Å². The first-order chi connectivity index (χ1) is 10.8. The van der Waals surface area contributed by atoms with Gasteiger partial charge in [0.2, 0.25) is 0 Å². The number of rotatable bonds is 15. The van der Waals surface area contributed by atoms with Crippen molar-refractivity contribution in [3.05, 3.63) is 12.2 Å². The molecule has 2 nitrogen and oxygen atoms in total. The molecule has 0 aromatic heterocycles. The Kier molecular flexibility index (Phi) is 24.6. The summed E-state index contributed by atoms with van der Waals surface area (Å²) in [6.07, 6.45) is 21.7. The standard InChI is InChI=1S/C19H33NOS.Na.H/c1-2-3-4-5-6-7-8-9-10-11-12-13-14-15-16-17-19(21)20-18-22;;/h9-10H,2-8,11-17H2,1H3;;/b10-9-;;. The van der Waals surface area contributed by atoms with Crippen LogP contribution >= 0.6 is 12.2 Å². The number of hydrogen-bond acceptors (Lipinski definition) is 2. The third kappa shape index (κ3) is 22.2. The molecule has 0 atom stereocenters. The Morgan fingerprint density at radius 3 is 1.87 bits per heavy atom. The van der Waals surface area contributed by atoms with E-state index in [1.165, 1.54) is 70.6 Å². The van der Waals surface area contributed by atoms with E-state index in [-0.39, 0.29) is 35.5 Å². The number of allylic oxidation sites excluding steroid dienone is 2. The van der Waals surface area contributed by atoms with E-state index in [0.29, 0.717) is 6.42 Å². The number of isothiocyanates is 1. The Balaban J connectivity index is 0. The van der Waals surface area contributed by atoms with Crippen LogP contribution in [0.3, 0.4) is 0 Å². The monoisotopic (exact) mass is 347 g/mol. The molecular formula is C19H34NNaOS. The van der Waals surface area contributed by atoms with Crippen LogP contribution in [0.1, 0.15) is 96.8 Å². The molecule has 0 fully saturated rings. The first-order valence-corrected chi connectivity index (χ1v) is 9.47. The Hall–Kier alpha value is 0.210. The summed E-state index contributed by atoms with van der Waals surface area (Å²) in [6, 6.07) is 0. The van der Waals surface area contributed by atoms with Gasteiger partial charge in [0.25, 0.3) is 5.91 Å². The maximum atomic E-state index is 11.1. The molecule has 0 saturated carbocycles. The molecule has 0 spiro atoms. The summed E-state index contributed by atoms with van der Waals surface area (Å²) >= 11 is 4.40. The van der Waals surface area contributed by atoms with Gasteiger partial charge in [0.1, 0.15) is 0 Å². The number of unbranched alkanes of at least 4 members (excludes halogenated alkanes) is 11. The summed E-state index contributed by atoms with van der Waals surface area (Å²) in [6.45, 7) is 2.26. The topological polar surface area (TPSA) is 29.4 Å². The molecule has 0 radical (unpaired) electrons. The molecule has 0 saturated heterocycles. The van der Waals surface area contributed by atoms with Crippen molar-refractivity contribution in [3.63, 3.8) is 0 Å². The van der Waals surface area contributed by atoms with Crippen molar-refractivity contribution < 1.29 is 4.79 Å². The van der Waals surface area contributed by atoms with Crippen LogP contribution in [0.5, 0.6) is 0 Å². The van der Waals surface area contributed by atoms with Crippen LogP contribution < -0.4 is 0 Å². The van der Waals surface area contributed by atoms with E-state index in [2.05, 4.69) is 41.4 Å². The molecule has 0 aromatic carbocycles. The molecule has 1 amide bonds. The molecule has 0 N–H and O–H groups in total. The molecule has 0 bridgehead atoms. The molecule has 0 aliphatic heterocycles. The van der Waals surface area contributed by atoms with E-state index in [1.54, 1.807) is 0 Å². The molecule has 0 aliphatic carbocycles. The molecular weight excluding hydrogens is 313 g/mol. The van der Waals surface area contributed by atoms with E-state index in [4.69, 9.17) is 0 Å². The SMILES string of the molecule is CCCCCCCC/C=C\CCCCCCCC(=O)N=C=S.[NaH]. The van der Waals surface area contributed by atoms with Gasteiger partial charge < -0.3 is 0 Å². The average molecular weight is 348 g/mol. The minimum absolute atomic E-state index is 0. The fourth-order valence-electron chi connectivity index (χ4n) is 2.45. The molecule has 0 rings (SSSR count). The van der Waals surface area contributed by atoms with E-state index >= 15 is 0 Å². The number of amides is 1. The number of carbonyl (C=O) groups is 1. The zero-order valence-corrected chi connectivity index (χ0v) is 15.1. The van der Waals surface area contributed by atoms with Crippen LogP contribution in [-0.4, -0.2) is 40.6 Å². The number of nitrogens with zero attached hydrogens (tertiary/aromatic N) is 1. The van der Waals surface area contributed by atoms with Crippen LogP contribution in [0.4, 0.5) is 0 Å². The number of carbonyl (C=O) groups excluding carboxylic acids is 1. The van der Waals surface area contributed by atoms with Crippen molar-refractivity contribution in [2.24, 2.45) is 4.99 Å². The van der Waals surface area contributed by atoms with Crippen LogP contribution in [-0.2, 0) is 4.79 Å². The van der Waals surface area contributed by atoms with E-state index < -0.39 is 0 Å². The summed E-state index contributed by atoms with van der Waals surface area (Å²) in [5.74, 6) is -0.132. The first kappa shape index (κ1) is 25.5. The summed E-state index contributed by atoms with van der Waals surface area (Å²) < 4.78 is 0. The number of hydrogen-bond donors (Lipinski definition) is 0. The Morgan fingerprint density at radius 2 is 1.35 bits per heavy atom. The average Bonchev–Trinajstić information content (AvgIpc) is 2.51. The summed E-state index contributed by atoms with van der Waals surface area (Å²) in [4.78, 5) is 14.5. The third-order valence-corrected chi connectivity index (χ3v) is 3.91. The number of aliphatic imine (C=N–C) groups is 1. The second-order valence-electron chi connectivity index (χ2n) is 5.93. The van der Waals surface area contributed by atoms with Gasteiger partial charge >= 0.3 is 29.6 Å². The van der Waals surface area contributed by atoms with Crippen LogP contribution in [0.15, 0.2) is 17.1 Å². The van der Waals surface area contributed by atoms with Gasteiger partial charge in [-0.05, 0) is 44.3 Å². The van der Waals surface area contributed by atoms with Crippen molar-refractivity contribution in [3.8, 4) is 0 Å². The minimum atomic E-state index is -0.132. The van der Waals surface area contributed by atoms with Gasteiger partial charge in [-0.1, -0.05) is 70.4 Å². The van der Waals surface area contributed by atoms with Crippen molar-refractivity contribution >= 4 is 52.8 Å². The van der Waals surface area contributed by atoms with Gasteiger partial charge in [-0.3, -0.25) is 4.79 Å². The molecule has 4 heteroatoms. The summed E-state index contributed by atoms with van der Waals surface area (Å²) in [5, 5.41) is 2.12. The van der Waals surface area contributed by atoms with Gasteiger partial charge in [-0.15, -0.1) is 0 Å². The molecule has 0 aromatic rings. The van der Waals surface area contributed by atoms with Crippen LogP contribution in [0.2, 0.25) is 0 Å². The van der Waals surface area contributed by atoms with Crippen molar-refractivity contribution in [1.29, 1.82) is 0 Å². The molecule has 0 aliphatic rings. The molecule has 0 unspecified atom stereocenters. The van der Waals surface area contributed by atoms with Gasteiger partial charge in [-0.25, -0.2) is 0 Å². The molecule has 128 valence electrons. The molecule has 23 heavy (non-hydrogen) atoms. The first-order valence-electron chi connectivity index (χ1n) is 9.07. The van der Waals surface area contributed by atoms with Gasteiger partial charge in [0, 0.05) is 6.42 Å². The normalized spacial score (nSPS) is 10.3. The summed E-state index contributed by atoms with van der Waals surface area (Å²) in [5.41, 5.74) is 0. The Bertz CT molecular complexity index is 338. The fourth-order valence-corrected chi connectivity index (χ4v) is 2.56. The number of thiocarbonyl (C=S) groups is 1. The second kappa shape index (κ2) is 22.2. The zero-order valence-electron chi connectivity index (χ0n) is 14.3. The van der Waals surface area contributed by atoms with Gasteiger partial charge in [0.15, 0.2) is 0 Å². The predicted molar refractivity (Wildman–Crippen MR) is 107 cm³/mol.